The average molecular weight is 466 g/mol. The Balaban J connectivity index is 1.55. The minimum absolute atomic E-state index is 0.0951. The summed E-state index contributed by atoms with van der Waals surface area (Å²) in [6.45, 7) is 4.63. The van der Waals surface area contributed by atoms with Gasteiger partial charge in [0.15, 0.2) is 0 Å². The van der Waals surface area contributed by atoms with Crippen molar-refractivity contribution < 1.29 is 21.6 Å². The number of aryl methyl sites for hydroxylation is 1. The highest BCUT2D eigenvalue weighted by molar-refractivity contribution is 7.94. The second kappa shape index (κ2) is 7.84. The summed E-state index contributed by atoms with van der Waals surface area (Å²) >= 11 is 0. The highest BCUT2D eigenvalue weighted by Crippen LogP contribution is 2.31. The lowest BCUT2D eigenvalue weighted by Gasteiger charge is -2.34. The molecular formula is C19H23N5O5S2. The van der Waals surface area contributed by atoms with Gasteiger partial charge >= 0.3 is 0 Å². The summed E-state index contributed by atoms with van der Waals surface area (Å²) < 4.78 is 53.3. The summed E-state index contributed by atoms with van der Waals surface area (Å²) in [4.78, 5) is 22.7. The van der Waals surface area contributed by atoms with Crippen molar-refractivity contribution in [1.82, 2.24) is 14.3 Å². The van der Waals surface area contributed by atoms with Crippen LogP contribution in [-0.2, 0) is 24.8 Å². The standard InChI is InChI=1S/C19H23N5O5S2/c1-14-12-16(24-18(25)15(2)13-30(24,26)27)4-5-17(14)31(28,29)23-10-8-22(9-11-23)19-20-6-3-7-21-19/h3-7,12,15H,8-11,13H2,1-2H3/t15-/m1/s1. The number of aromatic nitrogens is 2. The Morgan fingerprint density at radius 1 is 1.06 bits per heavy atom. The van der Waals surface area contributed by atoms with Gasteiger partial charge in [-0.2, -0.15) is 4.31 Å². The Morgan fingerprint density at radius 3 is 2.26 bits per heavy atom. The van der Waals surface area contributed by atoms with Crippen molar-refractivity contribution in [3.8, 4) is 0 Å². The number of carbonyl (C=O) groups excluding carboxylic acids is 1. The summed E-state index contributed by atoms with van der Waals surface area (Å²) in [7, 11) is -7.53. The number of nitrogens with zero attached hydrogens (tertiary/aromatic N) is 5. The van der Waals surface area contributed by atoms with Crippen LogP contribution in [-0.4, -0.2) is 68.9 Å². The van der Waals surface area contributed by atoms with Gasteiger partial charge in [0.2, 0.25) is 31.9 Å². The van der Waals surface area contributed by atoms with Gasteiger partial charge in [-0.25, -0.2) is 31.1 Å². The molecule has 12 heteroatoms. The molecule has 0 N–H and O–H groups in total. The van der Waals surface area contributed by atoms with Gasteiger partial charge in [-0.1, -0.05) is 6.92 Å². The van der Waals surface area contributed by atoms with Crippen LogP contribution in [0.2, 0.25) is 0 Å². The second-order valence-electron chi connectivity index (χ2n) is 7.67. The molecule has 0 saturated carbocycles. The third-order valence-electron chi connectivity index (χ3n) is 5.44. The van der Waals surface area contributed by atoms with Gasteiger partial charge in [0.05, 0.1) is 22.3 Å². The summed E-state index contributed by atoms with van der Waals surface area (Å²) in [6.07, 6.45) is 3.28. The van der Waals surface area contributed by atoms with Crippen LogP contribution in [0.25, 0.3) is 0 Å². The first-order chi connectivity index (χ1) is 14.6. The number of benzene rings is 1. The minimum atomic E-state index is -3.78. The molecule has 1 amide bonds. The van der Waals surface area contributed by atoms with E-state index in [1.165, 1.54) is 22.5 Å². The Bertz CT molecular complexity index is 1210. The van der Waals surface area contributed by atoms with Crippen molar-refractivity contribution in [3.05, 3.63) is 42.2 Å². The molecule has 1 aromatic heterocycles. The third kappa shape index (κ3) is 3.90. The van der Waals surface area contributed by atoms with Gasteiger partial charge in [-0.05, 0) is 36.8 Å². The topological polar surface area (TPSA) is 121 Å². The molecule has 10 nitrogen and oxygen atoms in total. The molecule has 2 saturated heterocycles. The van der Waals surface area contributed by atoms with Gasteiger partial charge in [0, 0.05) is 38.6 Å². The number of amides is 1. The van der Waals surface area contributed by atoms with Crippen molar-refractivity contribution in [2.24, 2.45) is 5.92 Å². The van der Waals surface area contributed by atoms with E-state index in [4.69, 9.17) is 0 Å². The number of sulfonamides is 2. The average Bonchev–Trinajstić information content (AvgIpc) is 2.95. The van der Waals surface area contributed by atoms with E-state index in [2.05, 4.69) is 9.97 Å². The quantitative estimate of drug-likeness (QED) is 0.644. The van der Waals surface area contributed by atoms with Crippen molar-refractivity contribution in [3.63, 3.8) is 0 Å². The van der Waals surface area contributed by atoms with E-state index in [1.54, 1.807) is 32.3 Å². The van der Waals surface area contributed by atoms with Crippen molar-refractivity contribution in [1.29, 1.82) is 0 Å². The maximum Gasteiger partial charge on any atom is 0.244 e. The first-order valence-electron chi connectivity index (χ1n) is 9.81. The summed E-state index contributed by atoms with van der Waals surface area (Å²) in [5, 5.41) is 0. The van der Waals surface area contributed by atoms with Gasteiger partial charge in [0.1, 0.15) is 0 Å². The van der Waals surface area contributed by atoms with Crippen LogP contribution in [0.15, 0.2) is 41.6 Å². The monoisotopic (exact) mass is 465 g/mol. The predicted molar refractivity (Wildman–Crippen MR) is 115 cm³/mol. The van der Waals surface area contributed by atoms with E-state index < -0.39 is 31.9 Å². The highest BCUT2D eigenvalue weighted by Gasteiger charge is 2.42. The SMILES string of the molecule is Cc1cc(N2C(=O)[C@H](C)CS2(=O)=O)ccc1S(=O)(=O)N1CCN(c2ncccn2)CC1. The number of carbonyl (C=O) groups is 1. The molecule has 1 atom stereocenters. The maximum absolute atomic E-state index is 13.2. The van der Waals surface area contributed by atoms with E-state index in [0.29, 0.717) is 24.6 Å². The third-order valence-corrected chi connectivity index (χ3v) is 9.37. The zero-order valence-corrected chi connectivity index (χ0v) is 18.8. The molecule has 2 aliphatic heterocycles. The molecule has 1 aromatic carbocycles. The molecule has 2 aromatic rings. The van der Waals surface area contributed by atoms with Crippen LogP contribution < -0.4 is 9.21 Å². The van der Waals surface area contributed by atoms with Gasteiger partial charge in [-0.15, -0.1) is 0 Å². The Labute approximate surface area is 181 Å². The van der Waals surface area contributed by atoms with Gasteiger partial charge in [0.25, 0.3) is 0 Å². The van der Waals surface area contributed by atoms with E-state index in [-0.39, 0.29) is 29.4 Å². The Morgan fingerprint density at radius 2 is 1.71 bits per heavy atom. The van der Waals surface area contributed by atoms with Crippen molar-refractivity contribution in [2.75, 3.05) is 41.1 Å². The molecule has 0 aliphatic carbocycles. The first kappa shape index (κ1) is 21.7. The van der Waals surface area contributed by atoms with Crippen LogP contribution in [0.1, 0.15) is 12.5 Å². The molecule has 31 heavy (non-hydrogen) atoms. The largest absolute Gasteiger partial charge is 0.338 e. The zero-order chi connectivity index (χ0) is 22.4. The first-order valence-corrected chi connectivity index (χ1v) is 12.9. The van der Waals surface area contributed by atoms with Crippen molar-refractivity contribution in [2.45, 2.75) is 18.7 Å². The molecule has 4 rings (SSSR count). The number of hydrogen-bond donors (Lipinski definition) is 0. The Kier molecular flexibility index (Phi) is 5.48. The molecular weight excluding hydrogens is 442 g/mol. The number of anilines is 2. The molecule has 0 unspecified atom stereocenters. The van der Waals surface area contributed by atoms with Crippen LogP contribution >= 0.6 is 0 Å². The van der Waals surface area contributed by atoms with Crippen LogP contribution in [0.4, 0.5) is 11.6 Å². The lowest BCUT2D eigenvalue weighted by atomic mass is 10.2. The summed E-state index contributed by atoms with van der Waals surface area (Å²) in [5.41, 5.74) is 0.547. The van der Waals surface area contributed by atoms with E-state index in [9.17, 15) is 21.6 Å². The number of piperazine rings is 1. The second-order valence-corrected chi connectivity index (χ2v) is 11.4. The smallest absolute Gasteiger partial charge is 0.244 e. The van der Waals surface area contributed by atoms with Crippen LogP contribution in [0.3, 0.4) is 0 Å². The molecule has 0 bridgehead atoms. The molecule has 0 radical (unpaired) electrons. The van der Waals surface area contributed by atoms with E-state index in [1.807, 2.05) is 4.90 Å². The molecule has 3 heterocycles. The highest BCUT2D eigenvalue weighted by atomic mass is 32.2. The number of hydrogen-bond acceptors (Lipinski definition) is 8. The van der Waals surface area contributed by atoms with Gasteiger partial charge < -0.3 is 4.90 Å². The fourth-order valence-electron chi connectivity index (χ4n) is 3.86. The van der Waals surface area contributed by atoms with Crippen LogP contribution in [0.5, 0.6) is 0 Å². The molecule has 0 spiro atoms. The Hall–Kier alpha value is -2.57. The zero-order valence-electron chi connectivity index (χ0n) is 17.2. The maximum atomic E-state index is 13.2. The number of rotatable bonds is 4. The lowest BCUT2D eigenvalue weighted by Crippen LogP contribution is -2.49. The fourth-order valence-corrected chi connectivity index (χ4v) is 7.30. The molecule has 166 valence electrons. The van der Waals surface area contributed by atoms with Crippen molar-refractivity contribution >= 4 is 37.6 Å². The van der Waals surface area contributed by atoms with Crippen LogP contribution in [0, 0.1) is 12.8 Å². The lowest BCUT2D eigenvalue weighted by molar-refractivity contribution is -0.119. The van der Waals surface area contributed by atoms with E-state index in [0.717, 1.165) is 4.31 Å². The fraction of sp³-hybridized carbons (Fsp3) is 0.421. The normalized spacial score (nSPS) is 22.1. The molecule has 2 fully saturated rings. The summed E-state index contributed by atoms with van der Waals surface area (Å²) in [6, 6.07) is 5.91. The molecule has 2 aliphatic rings. The van der Waals surface area contributed by atoms with E-state index >= 15 is 0 Å². The van der Waals surface area contributed by atoms with Gasteiger partial charge in [-0.3, -0.25) is 4.79 Å². The predicted octanol–water partition coefficient (Wildman–Crippen LogP) is 0.608. The minimum Gasteiger partial charge on any atom is -0.338 e. The summed E-state index contributed by atoms with van der Waals surface area (Å²) in [5.74, 6) is -0.820.